The minimum Gasteiger partial charge on any atom is -0.497 e. The number of fused-ring (bicyclic) bond motifs is 3. The first kappa shape index (κ1) is 19.8. The Hall–Kier alpha value is -3.55. The topological polar surface area (TPSA) is 88.2 Å². The third kappa shape index (κ3) is 3.14. The predicted molar refractivity (Wildman–Crippen MR) is 112 cm³/mol. The minimum atomic E-state index is -0.453. The summed E-state index contributed by atoms with van der Waals surface area (Å²) in [6.07, 6.45) is 0.872. The molecule has 0 spiro atoms. The molecular weight excluding hydrogens is 386 g/mol. The molecule has 1 N–H and O–H groups in total. The zero-order chi connectivity index (χ0) is 21.4. The number of anilines is 3. The molecule has 2 heterocycles. The van der Waals surface area contributed by atoms with Gasteiger partial charge in [0.1, 0.15) is 17.5 Å². The molecule has 8 heteroatoms. The number of carbonyl (C=O) groups excluding carboxylic acids is 3. The highest BCUT2D eigenvalue weighted by Crippen LogP contribution is 2.41. The normalized spacial score (nSPS) is 17.5. The molecule has 2 aliphatic rings. The van der Waals surface area contributed by atoms with E-state index >= 15 is 0 Å². The van der Waals surface area contributed by atoms with Crippen molar-refractivity contribution >= 4 is 34.8 Å². The molecule has 0 saturated carbocycles. The van der Waals surface area contributed by atoms with Crippen molar-refractivity contribution in [3.05, 3.63) is 42.0 Å². The molecule has 0 radical (unpaired) electrons. The van der Waals surface area contributed by atoms with Crippen LogP contribution < -0.4 is 24.6 Å². The first-order valence-electron chi connectivity index (χ1n) is 9.79. The summed E-state index contributed by atoms with van der Waals surface area (Å²) in [5, 5.41) is 2.83. The highest BCUT2D eigenvalue weighted by molar-refractivity contribution is 6.16. The Bertz CT molecular complexity index is 1040. The Morgan fingerprint density at radius 2 is 1.90 bits per heavy atom. The van der Waals surface area contributed by atoms with Crippen molar-refractivity contribution in [2.75, 3.05) is 35.9 Å². The van der Waals surface area contributed by atoms with Gasteiger partial charge in [0.25, 0.3) is 5.91 Å². The van der Waals surface area contributed by atoms with Gasteiger partial charge in [0.05, 0.1) is 31.3 Å². The van der Waals surface area contributed by atoms with E-state index in [0.717, 1.165) is 0 Å². The fourth-order valence-corrected chi connectivity index (χ4v) is 4.04. The maximum absolute atomic E-state index is 12.9. The molecule has 0 aliphatic carbocycles. The van der Waals surface area contributed by atoms with E-state index in [9.17, 15) is 14.4 Å². The van der Waals surface area contributed by atoms with Crippen LogP contribution in [0.3, 0.4) is 0 Å². The highest BCUT2D eigenvalue weighted by Gasteiger charge is 2.44. The lowest BCUT2D eigenvalue weighted by Gasteiger charge is -2.38. The van der Waals surface area contributed by atoms with Crippen LogP contribution in [0.2, 0.25) is 0 Å². The van der Waals surface area contributed by atoms with Crippen LogP contribution in [0.1, 0.15) is 30.1 Å². The smallest absolute Gasteiger partial charge is 0.255 e. The molecule has 1 atom stereocenters. The summed E-state index contributed by atoms with van der Waals surface area (Å²) < 4.78 is 10.5. The second-order valence-electron chi connectivity index (χ2n) is 7.12. The van der Waals surface area contributed by atoms with Gasteiger partial charge in [0, 0.05) is 24.6 Å². The maximum atomic E-state index is 12.9. The molecule has 1 unspecified atom stereocenters. The van der Waals surface area contributed by atoms with E-state index in [-0.39, 0.29) is 17.7 Å². The van der Waals surface area contributed by atoms with Gasteiger partial charge in [0.15, 0.2) is 0 Å². The predicted octanol–water partition coefficient (Wildman–Crippen LogP) is 2.82. The largest absolute Gasteiger partial charge is 0.497 e. The van der Waals surface area contributed by atoms with E-state index in [1.54, 1.807) is 53.3 Å². The van der Waals surface area contributed by atoms with Crippen LogP contribution in [0.15, 0.2) is 36.4 Å². The monoisotopic (exact) mass is 409 g/mol. The Kier molecular flexibility index (Phi) is 5.07. The van der Waals surface area contributed by atoms with E-state index in [0.29, 0.717) is 53.5 Å². The SMILES string of the molecule is CCN1C(=O)C2CCC(=O)N2c2ccc(C(=O)Nc3cc(OC)ccc3OC)cc21. The van der Waals surface area contributed by atoms with Crippen LogP contribution in [0.5, 0.6) is 11.5 Å². The van der Waals surface area contributed by atoms with E-state index in [1.807, 2.05) is 6.92 Å². The molecule has 8 nitrogen and oxygen atoms in total. The molecule has 0 aromatic heterocycles. The van der Waals surface area contributed by atoms with Crippen LogP contribution in [-0.2, 0) is 9.59 Å². The van der Waals surface area contributed by atoms with Crippen molar-refractivity contribution in [1.29, 1.82) is 0 Å². The van der Waals surface area contributed by atoms with Gasteiger partial charge in [-0.1, -0.05) is 0 Å². The standard InChI is InChI=1S/C22H23N3O5/c1-4-24-18-11-13(5-7-16(18)25-17(22(24)28)8-10-20(25)26)21(27)23-15-12-14(29-2)6-9-19(15)30-3/h5-7,9,11-12,17H,4,8,10H2,1-3H3,(H,23,27). The van der Waals surface area contributed by atoms with Gasteiger partial charge in [-0.05, 0) is 43.7 Å². The number of benzene rings is 2. The van der Waals surface area contributed by atoms with Crippen molar-refractivity contribution in [2.45, 2.75) is 25.8 Å². The second kappa shape index (κ2) is 7.70. The summed E-state index contributed by atoms with van der Waals surface area (Å²) in [6, 6.07) is 9.71. The zero-order valence-electron chi connectivity index (χ0n) is 17.1. The van der Waals surface area contributed by atoms with Gasteiger partial charge in [-0.2, -0.15) is 0 Å². The number of hydrogen-bond donors (Lipinski definition) is 1. The number of methoxy groups -OCH3 is 2. The van der Waals surface area contributed by atoms with Crippen molar-refractivity contribution in [3.63, 3.8) is 0 Å². The Balaban J connectivity index is 1.69. The first-order valence-corrected chi connectivity index (χ1v) is 9.79. The molecule has 2 aromatic carbocycles. The van der Waals surface area contributed by atoms with Gasteiger partial charge < -0.3 is 19.7 Å². The van der Waals surface area contributed by atoms with Crippen molar-refractivity contribution in [1.82, 2.24) is 0 Å². The lowest BCUT2D eigenvalue weighted by atomic mass is 10.0. The molecule has 3 amide bonds. The second-order valence-corrected chi connectivity index (χ2v) is 7.12. The van der Waals surface area contributed by atoms with Gasteiger partial charge in [0.2, 0.25) is 11.8 Å². The van der Waals surface area contributed by atoms with Crippen LogP contribution >= 0.6 is 0 Å². The number of likely N-dealkylation sites (N-methyl/N-ethyl adjacent to an activating group) is 1. The number of hydrogen-bond acceptors (Lipinski definition) is 5. The first-order chi connectivity index (χ1) is 14.5. The highest BCUT2D eigenvalue weighted by atomic mass is 16.5. The molecular formula is C22H23N3O5. The summed E-state index contributed by atoms with van der Waals surface area (Å²) in [5.74, 6) is 0.546. The summed E-state index contributed by atoms with van der Waals surface area (Å²) >= 11 is 0. The average Bonchev–Trinajstić information content (AvgIpc) is 3.15. The van der Waals surface area contributed by atoms with E-state index in [2.05, 4.69) is 5.32 Å². The summed E-state index contributed by atoms with van der Waals surface area (Å²) in [6.45, 7) is 2.33. The summed E-state index contributed by atoms with van der Waals surface area (Å²) in [4.78, 5) is 41.4. The Morgan fingerprint density at radius 3 is 2.60 bits per heavy atom. The molecule has 1 fully saturated rings. The number of nitrogens with zero attached hydrogens (tertiary/aromatic N) is 2. The average molecular weight is 409 g/mol. The third-order valence-corrected chi connectivity index (χ3v) is 5.52. The van der Waals surface area contributed by atoms with Crippen LogP contribution in [0.4, 0.5) is 17.1 Å². The molecule has 1 saturated heterocycles. The van der Waals surface area contributed by atoms with Crippen LogP contribution in [0.25, 0.3) is 0 Å². The molecule has 156 valence electrons. The lowest BCUT2D eigenvalue weighted by Crippen LogP contribution is -2.51. The fraction of sp³-hybridized carbons (Fsp3) is 0.318. The summed E-state index contributed by atoms with van der Waals surface area (Å²) in [5.41, 5.74) is 2.08. The van der Waals surface area contributed by atoms with Crippen molar-refractivity contribution in [2.24, 2.45) is 0 Å². The van der Waals surface area contributed by atoms with Crippen molar-refractivity contribution in [3.8, 4) is 11.5 Å². The van der Waals surface area contributed by atoms with Gasteiger partial charge >= 0.3 is 0 Å². The third-order valence-electron chi connectivity index (χ3n) is 5.52. The Labute approximate surface area is 174 Å². The summed E-state index contributed by atoms with van der Waals surface area (Å²) in [7, 11) is 3.06. The lowest BCUT2D eigenvalue weighted by molar-refractivity contribution is -0.122. The Morgan fingerprint density at radius 1 is 1.10 bits per heavy atom. The fourth-order valence-electron chi connectivity index (χ4n) is 4.04. The van der Waals surface area contributed by atoms with Crippen molar-refractivity contribution < 1.29 is 23.9 Å². The van der Waals surface area contributed by atoms with Gasteiger partial charge in [-0.25, -0.2) is 0 Å². The van der Waals surface area contributed by atoms with E-state index < -0.39 is 6.04 Å². The number of amides is 3. The van der Waals surface area contributed by atoms with E-state index in [4.69, 9.17) is 9.47 Å². The van der Waals surface area contributed by atoms with E-state index in [1.165, 1.54) is 7.11 Å². The minimum absolute atomic E-state index is 0.0660. The zero-order valence-corrected chi connectivity index (χ0v) is 17.1. The van der Waals surface area contributed by atoms with Crippen LogP contribution in [-0.4, -0.2) is 44.5 Å². The molecule has 2 aromatic rings. The molecule has 4 rings (SSSR count). The molecule has 2 aliphatic heterocycles. The maximum Gasteiger partial charge on any atom is 0.255 e. The molecule has 30 heavy (non-hydrogen) atoms. The number of ether oxygens (including phenoxy) is 2. The van der Waals surface area contributed by atoms with Crippen LogP contribution in [0, 0.1) is 0 Å². The number of rotatable bonds is 5. The van der Waals surface area contributed by atoms with Gasteiger partial charge in [-0.3, -0.25) is 19.3 Å². The number of carbonyl (C=O) groups is 3. The number of nitrogens with one attached hydrogen (secondary N) is 1. The quantitative estimate of drug-likeness (QED) is 0.820. The van der Waals surface area contributed by atoms with Gasteiger partial charge in [-0.15, -0.1) is 0 Å². The molecule has 0 bridgehead atoms.